The molecule has 1 saturated carbocycles. The van der Waals surface area contributed by atoms with Gasteiger partial charge in [0.15, 0.2) is 5.82 Å². The van der Waals surface area contributed by atoms with Crippen LogP contribution in [0.5, 0.6) is 0 Å². The molecule has 4 heteroatoms. The molecule has 112 valence electrons. The number of rotatable bonds is 6. The molecule has 0 bridgehead atoms. The minimum absolute atomic E-state index is 0.389. The van der Waals surface area contributed by atoms with Crippen molar-refractivity contribution in [3.05, 3.63) is 17.6 Å². The van der Waals surface area contributed by atoms with Crippen LogP contribution in [0.25, 0.3) is 0 Å². The summed E-state index contributed by atoms with van der Waals surface area (Å²) in [6, 6.07) is 1.97. The van der Waals surface area contributed by atoms with Crippen molar-refractivity contribution < 1.29 is 4.74 Å². The first kappa shape index (κ1) is 15.2. The number of aromatic nitrogens is 2. The Morgan fingerprint density at radius 1 is 1.25 bits per heavy atom. The molecule has 0 saturated heterocycles. The van der Waals surface area contributed by atoms with E-state index in [1.54, 1.807) is 0 Å². The average Bonchev–Trinajstić information content (AvgIpc) is 2.45. The number of hydrogen-bond donors (Lipinski definition) is 1. The number of aryl methyl sites for hydroxylation is 1. The van der Waals surface area contributed by atoms with Gasteiger partial charge in [-0.1, -0.05) is 26.2 Å². The Kier molecular flexibility index (Phi) is 5.77. The quantitative estimate of drug-likeness (QED) is 0.861. The monoisotopic (exact) mass is 277 g/mol. The summed E-state index contributed by atoms with van der Waals surface area (Å²) in [6.07, 6.45) is 6.73. The summed E-state index contributed by atoms with van der Waals surface area (Å²) in [7, 11) is 0. The van der Waals surface area contributed by atoms with E-state index < -0.39 is 0 Å². The van der Waals surface area contributed by atoms with Gasteiger partial charge in [-0.2, -0.15) is 0 Å². The van der Waals surface area contributed by atoms with Gasteiger partial charge in [-0.25, -0.2) is 9.97 Å². The van der Waals surface area contributed by atoms with Crippen molar-refractivity contribution in [3.63, 3.8) is 0 Å². The third kappa shape index (κ3) is 4.17. The first-order valence-electron chi connectivity index (χ1n) is 7.93. The molecule has 0 spiro atoms. The van der Waals surface area contributed by atoms with Crippen LogP contribution in [0.2, 0.25) is 0 Å². The molecule has 1 aliphatic rings. The molecule has 1 aromatic rings. The summed E-state index contributed by atoms with van der Waals surface area (Å²) in [6.45, 7) is 7.74. The maximum Gasteiger partial charge on any atom is 0.156 e. The summed E-state index contributed by atoms with van der Waals surface area (Å²) < 4.78 is 6.11. The Bertz CT molecular complexity index is 422. The van der Waals surface area contributed by atoms with E-state index in [2.05, 4.69) is 29.1 Å². The molecule has 1 aromatic heterocycles. The van der Waals surface area contributed by atoms with Crippen LogP contribution < -0.4 is 5.32 Å². The molecule has 0 amide bonds. The molecular weight excluding hydrogens is 250 g/mol. The van der Waals surface area contributed by atoms with Crippen LogP contribution in [0, 0.1) is 12.8 Å². The largest absolute Gasteiger partial charge is 0.370 e. The lowest BCUT2D eigenvalue weighted by molar-refractivity contribution is -0.0248. The van der Waals surface area contributed by atoms with Crippen LogP contribution in [-0.2, 0) is 11.3 Å². The lowest BCUT2D eigenvalue weighted by Crippen LogP contribution is -2.27. The van der Waals surface area contributed by atoms with E-state index >= 15 is 0 Å². The van der Waals surface area contributed by atoms with Crippen molar-refractivity contribution in [2.45, 2.75) is 65.6 Å². The summed E-state index contributed by atoms with van der Waals surface area (Å²) in [5, 5.41) is 3.24. The standard InChI is InChI=1S/C16H27N3O/c1-4-13-8-6-7-9-14(13)20-11-16-18-12(3)10-15(19-16)17-5-2/h10,13-14H,4-9,11H2,1-3H3,(H,17,18,19). The molecule has 0 radical (unpaired) electrons. The van der Waals surface area contributed by atoms with E-state index in [9.17, 15) is 0 Å². The Labute approximate surface area is 122 Å². The van der Waals surface area contributed by atoms with E-state index in [-0.39, 0.29) is 0 Å². The number of ether oxygens (including phenoxy) is 1. The predicted molar refractivity (Wildman–Crippen MR) is 81.8 cm³/mol. The Morgan fingerprint density at radius 3 is 2.80 bits per heavy atom. The topological polar surface area (TPSA) is 47.0 Å². The van der Waals surface area contributed by atoms with Crippen LogP contribution in [0.4, 0.5) is 5.82 Å². The smallest absolute Gasteiger partial charge is 0.156 e. The van der Waals surface area contributed by atoms with Gasteiger partial charge in [-0.05, 0) is 32.6 Å². The van der Waals surface area contributed by atoms with Crippen LogP contribution in [0.15, 0.2) is 6.07 Å². The molecule has 1 N–H and O–H groups in total. The van der Waals surface area contributed by atoms with E-state index in [4.69, 9.17) is 4.74 Å². The van der Waals surface area contributed by atoms with Crippen molar-refractivity contribution in [3.8, 4) is 0 Å². The molecule has 1 heterocycles. The SMILES string of the molecule is CCNc1cc(C)nc(COC2CCCCC2CC)n1. The van der Waals surface area contributed by atoms with Crippen LogP contribution in [0.3, 0.4) is 0 Å². The van der Waals surface area contributed by atoms with E-state index in [1.807, 2.05) is 13.0 Å². The van der Waals surface area contributed by atoms with E-state index in [1.165, 1.54) is 32.1 Å². The van der Waals surface area contributed by atoms with Crippen LogP contribution in [0.1, 0.15) is 57.5 Å². The molecule has 2 unspecified atom stereocenters. The predicted octanol–water partition coefficient (Wildman–Crippen LogP) is 3.70. The first-order chi connectivity index (χ1) is 9.72. The number of hydrogen-bond acceptors (Lipinski definition) is 4. The molecule has 20 heavy (non-hydrogen) atoms. The van der Waals surface area contributed by atoms with Gasteiger partial charge in [0.25, 0.3) is 0 Å². The maximum atomic E-state index is 6.11. The second kappa shape index (κ2) is 7.58. The van der Waals surface area contributed by atoms with Gasteiger partial charge in [0.05, 0.1) is 6.10 Å². The molecule has 2 atom stereocenters. The van der Waals surface area contributed by atoms with E-state index in [0.717, 1.165) is 23.9 Å². The average molecular weight is 277 g/mol. The molecule has 4 nitrogen and oxygen atoms in total. The number of nitrogens with zero attached hydrogens (tertiary/aromatic N) is 2. The molecular formula is C16H27N3O. The third-order valence-electron chi connectivity index (χ3n) is 4.05. The Balaban J connectivity index is 1.95. The third-order valence-corrected chi connectivity index (χ3v) is 4.05. The zero-order valence-electron chi connectivity index (χ0n) is 13.0. The van der Waals surface area contributed by atoms with Crippen molar-refractivity contribution in [2.75, 3.05) is 11.9 Å². The number of anilines is 1. The lowest BCUT2D eigenvalue weighted by atomic mass is 9.85. The maximum absolute atomic E-state index is 6.11. The fourth-order valence-corrected chi connectivity index (χ4v) is 3.01. The highest BCUT2D eigenvalue weighted by Crippen LogP contribution is 2.29. The van der Waals surface area contributed by atoms with Crippen molar-refractivity contribution in [1.29, 1.82) is 0 Å². The van der Waals surface area contributed by atoms with Gasteiger partial charge in [0.1, 0.15) is 12.4 Å². The minimum atomic E-state index is 0.389. The van der Waals surface area contributed by atoms with E-state index in [0.29, 0.717) is 18.6 Å². The Morgan fingerprint density at radius 2 is 2.05 bits per heavy atom. The first-order valence-corrected chi connectivity index (χ1v) is 7.93. The van der Waals surface area contributed by atoms with Gasteiger partial charge in [0.2, 0.25) is 0 Å². The number of nitrogens with one attached hydrogen (secondary N) is 1. The van der Waals surface area contributed by atoms with Crippen LogP contribution in [-0.4, -0.2) is 22.6 Å². The Hall–Kier alpha value is -1.16. The fourth-order valence-electron chi connectivity index (χ4n) is 3.01. The van der Waals surface area contributed by atoms with Gasteiger partial charge in [-0.3, -0.25) is 0 Å². The highest BCUT2D eigenvalue weighted by atomic mass is 16.5. The molecule has 0 aliphatic heterocycles. The molecule has 0 aromatic carbocycles. The summed E-state index contributed by atoms with van der Waals surface area (Å²) in [5.74, 6) is 2.40. The van der Waals surface area contributed by atoms with Gasteiger partial charge in [-0.15, -0.1) is 0 Å². The van der Waals surface area contributed by atoms with Gasteiger partial charge >= 0.3 is 0 Å². The van der Waals surface area contributed by atoms with Gasteiger partial charge in [0, 0.05) is 18.3 Å². The summed E-state index contributed by atoms with van der Waals surface area (Å²) >= 11 is 0. The van der Waals surface area contributed by atoms with Gasteiger partial charge < -0.3 is 10.1 Å². The lowest BCUT2D eigenvalue weighted by Gasteiger charge is -2.30. The zero-order chi connectivity index (χ0) is 14.4. The zero-order valence-corrected chi connectivity index (χ0v) is 13.0. The summed E-state index contributed by atoms with van der Waals surface area (Å²) in [4.78, 5) is 8.99. The highest BCUT2D eigenvalue weighted by molar-refractivity contribution is 5.35. The second-order valence-electron chi connectivity index (χ2n) is 5.64. The normalized spacial score (nSPS) is 22.8. The molecule has 2 rings (SSSR count). The van der Waals surface area contributed by atoms with Crippen molar-refractivity contribution >= 4 is 5.82 Å². The second-order valence-corrected chi connectivity index (χ2v) is 5.64. The minimum Gasteiger partial charge on any atom is -0.370 e. The fraction of sp³-hybridized carbons (Fsp3) is 0.750. The molecule has 1 fully saturated rings. The van der Waals surface area contributed by atoms with Crippen molar-refractivity contribution in [1.82, 2.24) is 9.97 Å². The summed E-state index contributed by atoms with van der Waals surface area (Å²) in [5.41, 5.74) is 0.991. The van der Waals surface area contributed by atoms with Crippen LogP contribution >= 0.6 is 0 Å². The highest BCUT2D eigenvalue weighted by Gasteiger charge is 2.24. The molecule has 1 aliphatic carbocycles. The van der Waals surface area contributed by atoms with Crippen molar-refractivity contribution in [2.24, 2.45) is 5.92 Å².